The van der Waals surface area contributed by atoms with Crippen molar-refractivity contribution in [1.82, 2.24) is 4.31 Å². The molecule has 0 saturated heterocycles. The highest BCUT2D eigenvalue weighted by molar-refractivity contribution is 7.96. The van der Waals surface area contributed by atoms with Gasteiger partial charge >= 0.3 is 0 Å². The fourth-order valence-corrected chi connectivity index (χ4v) is 1.43. The molecule has 0 N–H and O–H groups in total. The van der Waals surface area contributed by atoms with E-state index in [1.54, 1.807) is 11.9 Å². The van der Waals surface area contributed by atoms with E-state index in [0.29, 0.717) is 5.41 Å². The Kier molecular flexibility index (Phi) is 3.45. The van der Waals surface area contributed by atoms with E-state index in [1.165, 1.54) is 0 Å². The summed E-state index contributed by atoms with van der Waals surface area (Å²) in [5.74, 6) is 0. The average Bonchev–Trinajstić information content (AvgIpc) is 1.83. The van der Waals surface area contributed by atoms with E-state index < -0.39 is 0 Å². The molecule has 0 aliphatic rings. The number of hydrogen-bond donors (Lipinski definition) is 0. The van der Waals surface area contributed by atoms with E-state index >= 15 is 0 Å². The van der Waals surface area contributed by atoms with Crippen molar-refractivity contribution >= 4 is 11.9 Å². The molecule has 2 heteroatoms. The van der Waals surface area contributed by atoms with Gasteiger partial charge in [-0.3, -0.25) is 0 Å². The molecule has 0 heterocycles. The molecule has 0 aromatic heterocycles. The van der Waals surface area contributed by atoms with Crippen molar-refractivity contribution < 1.29 is 0 Å². The minimum atomic E-state index is 0.242. The molecule has 0 fully saturated rings. The normalized spacial score (nSPS) is 14.2. The first-order chi connectivity index (χ1) is 4.73. The van der Waals surface area contributed by atoms with E-state index in [0.717, 1.165) is 0 Å². The third-order valence-electron chi connectivity index (χ3n) is 2.90. The van der Waals surface area contributed by atoms with Crippen LogP contribution in [0.4, 0.5) is 0 Å². The largest absolute Gasteiger partial charge is 0.248 e. The van der Waals surface area contributed by atoms with Crippen molar-refractivity contribution in [3.63, 3.8) is 0 Å². The zero-order valence-electron chi connectivity index (χ0n) is 8.86. The Morgan fingerprint density at radius 2 is 1.36 bits per heavy atom. The number of nitrogens with zero attached hydrogens (tertiary/aromatic N) is 1. The monoisotopic (exact) mass is 175 g/mol. The van der Waals surface area contributed by atoms with E-state index in [1.807, 2.05) is 0 Å². The minimum Gasteiger partial charge on any atom is -0.248 e. The quantitative estimate of drug-likeness (QED) is 0.594. The topological polar surface area (TPSA) is 3.24 Å². The predicted octanol–water partition coefficient (Wildman–Crippen LogP) is 3.02. The fourth-order valence-electron chi connectivity index (χ4n) is 0.701. The average molecular weight is 175 g/mol. The van der Waals surface area contributed by atoms with Gasteiger partial charge in [0.15, 0.2) is 0 Å². The maximum absolute atomic E-state index is 2.31. The Bertz CT molecular complexity index is 124. The summed E-state index contributed by atoms with van der Waals surface area (Å²) in [6.45, 7) is 11.4. The first-order valence-electron chi connectivity index (χ1n) is 4.01. The molecule has 0 aromatic rings. The van der Waals surface area contributed by atoms with Gasteiger partial charge in [-0.1, -0.05) is 32.7 Å². The van der Waals surface area contributed by atoms with Crippen molar-refractivity contribution in [1.29, 1.82) is 0 Å². The molecule has 0 unspecified atom stereocenters. The van der Waals surface area contributed by atoms with Gasteiger partial charge in [0, 0.05) is 5.54 Å². The van der Waals surface area contributed by atoms with Gasteiger partial charge in [0.25, 0.3) is 0 Å². The standard InChI is InChI=1S/C9H21NS/c1-8(2,3)9(4,5)10(6)11-7/h1-7H3. The second-order valence-electron chi connectivity index (χ2n) is 4.49. The summed E-state index contributed by atoms with van der Waals surface area (Å²) in [4.78, 5) is 0. The smallest absolute Gasteiger partial charge is 0.0302 e. The van der Waals surface area contributed by atoms with Crippen LogP contribution in [0.25, 0.3) is 0 Å². The van der Waals surface area contributed by atoms with Crippen LogP contribution in [-0.2, 0) is 0 Å². The maximum Gasteiger partial charge on any atom is 0.0302 e. The van der Waals surface area contributed by atoms with Crippen LogP contribution in [0.15, 0.2) is 0 Å². The summed E-state index contributed by atoms with van der Waals surface area (Å²) in [5, 5.41) is 0. The molecular formula is C9H21NS. The van der Waals surface area contributed by atoms with Gasteiger partial charge in [-0.05, 0) is 32.6 Å². The summed E-state index contributed by atoms with van der Waals surface area (Å²) in [5.41, 5.74) is 0.567. The predicted molar refractivity (Wildman–Crippen MR) is 54.8 cm³/mol. The van der Waals surface area contributed by atoms with Crippen molar-refractivity contribution in [3.8, 4) is 0 Å². The number of rotatable bonds is 2. The first kappa shape index (κ1) is 11.3. The first-order valence-corrected chi connectivity index (χ1v) is 5.19. The molecule has 0 bridgehead atoms. The van der Waals surface area contributed by atoms with Crippen molar-refractivity contribution in [2.24, 2.45) is 5.41 Å². The van der Waals surface area contributed by atoms with E-state index in [-0.39, 0.29) is 5.54 Å². The van der Waals surface area contributed by atoms with E-state index in [4.69, 9.17) is 0 Å². The highest BCUT2D eigenvalue weighted by Gasteiger charge is 2.36. The van der Waals surface area contributed by atoms with Gasteiger partial charge in [0.05, 0.1) is 0 Å². The van der Waals surface area contributed by atoms with Crippen LogP contribution in [0.3, 0.4) is 0 Å². The lowest BCUT2D eigenvalue weighted by Crippen LogP contribution is -2.47. The SMILES string of the molecule is CSN(C)C(C)(C)C(C)(C)C. The lowest BCUT2D eigenvalue weighted by atomic mass is 9.76. The molecule has 0 amide bonds. The minimum absolute atomic E-state index is 0.242. The van der Waals surface area contributed by atoms with Crippen LogP contribution in [0.5, 0.6) is 0 Å². The molecule has 11 heavy (non-hydrogen) atoms. The Morgan fingerprint density at radius 1 is 1.00 bits per heavy atom. The van der Waals surface area contributed by atoms with Crippen molar-refractivity contribution in [2.75, 3.05) is 13.3 Å². The lowest BCUT2D eigenvalue weighted by Gasteiger charge is -2.44. The summed E-state index contributed by atoms with van der Waals surface area (Å²) in [6.07, 6.45) is 2.12. The molecule has 0 rings (SSSR count). The van der Waals surface area contributed by atoms with Crippen LogP contribution >= 0.6 is 11.9 Å². The summed E-state index contributed by atoms with van der Waals surface area (Å²) >= 11 is 1.79. The molecular weight excluding hydrogens is 154 g/mol. The van der Waals surface area contributed by atoms with Crippen LogP contribution in [0.1, 0.15) is 34.6 Å². The van der Waals surface area contributed by atoms with Crippen LogP contribution in [-0.4, -0.2) is 23.1 Å². The van der Waals surface area contributed by atoms with Gasteiger partial charge in [0.1, 0.15) is 0 Å². The Hall–Kier alpha value is 0.310. The third kappa shape index (κ3) is 2.38. The van der Waals surface area contributed by atoms with Gasteiger partial charge in [-0.25, -0.2) is 4.31 Å². The zero-order valence-corrected chi connectivity index (χ0v) is 9.67. The van der Waals surface area contributed by atoms with E-state index in [2.05, 4.69) is 52.2 Å². The Balaban J connectivity index is 4.45. The molecule has 0 atom stereocenters. The molecule has 1 nitrogen and oxygen atoms in total. The van der Waals surface area contributed by atoms with Crippen LogP contribution in [0.2, 0.25) is 0 Å². The maximum atomic E-state index is 2.31. The van der Waals surface area contributed by atoms with E-state index in [9.17, 15) is 0 Å². The zero-order chi connectivity index (χ0) is 9.28. The molecule has 68 valence electrons. The Morgan fingerprint density at radius 3 is 1.45 bits per heavy atom. The molecule has 0 aromatic carbocycles. The second-order valence-corrected chi connectivity index (χ2v) is 5.40. The van der Waals surface area contributed by atoms with Gasteiger partial charge in [-0.2, -0.15) is 0 Å². The summed E-state index contributed by atoms with van der Waals surface area (Å²) < 4.78 is 2.31. The van der Waals surface area contributed by atoms with Crippen LogP contribution < -0.4 is 0 Å². The summed E-state index contributed by atoms with van der Waals surface area (Å²) in [6, 6.07) is 0. The van der Waals surface area contributed by atoms with Crippen molar-refractivity contribution in [2.45, 2.75) is 40.2 Å². The van der Waals surface area contributed by atoms with Crippen molar-refractivity contribution in [3.05, 3.63) is 0 Å². The molecule has 0 saturated carbocycles. The second kappa shape index (κ2) is 3.36. The van der Waals surface area contributed by atoms with Gasteiger partial charge in [-0.15, -0.1) is 0 Å². The third-order valence-corrected chi connectivity index (χ3v) is 3.90. The highest BCUT2D eigenvalue weighted by Crippen LogP contribution is 2.36. The molecule has 0 aliphatic carbocycles. The number of hydrogen-bond acceptors (Lipinski definition) is 2. The summed E-state index contributed by atoms with van der Waals surface area (Å²) in [7, 11) is 2.15. The van der Waals surface area contributed by atoms with Gasteiger partial charge in [0.2, 0.25) is 0 Å². The van der Waals surface area contributed by atoms with Gasteiger partial charge < -0.3 is 0 Å². The molecule has 0 aliphatic heterocycles. The molecule has 0 radical (unpaired) electrons. The van der Waals surface area contributed by atoms with Crippen LogP contribution in [0, 0.1) is 5.41 Å². The molecule has 0 spiro atoms. The highest BCUT2D eigenvalue weighted by atomic mass is 32.2. The Labute approximate surface area is 75.7 Å². The lowest BCUT2D eigenvalue weighted by molar-refractivity contribution is 0.118. The fraction of sp³-hybridized carbons (Fsp3) is 1.00.